The molecule has 10 aromatic rings. The van der Waals surface area contributed by atoms with Crippen LogP contribution in [0.25, 0.3) is 76.9 Å². The van der Waals surface area contributed by atoms with Crippen LogP contribution >= 0.6 is 0 Å². The number of rotatable bonds is 5. The number of furan rings is 1. The van der Waals surface area contributed by atoms with Gasteiger partial charge in [-0.15, -0.1) is 0 Å². The molecule has 9 aromatic carbocycles. The lowest BCUT2D eigenvalue weighted by molar-refractivity contribution is 0.660. The predicted octanol–water partition coefficient (Wildman–Crippen LogP) is 15.0. The van der Waals surface area contributed by atoms with Crippen molar-refractivity contribution in [3.63, 3.8) is 0 Å². The molecular weight excluding hydrogens is 667 g/mol. The quantitative estimate of drug-likeness (QED) is 0.166. The van der Waals surface area contributed by atoms with E-state index in [9.17, 15) is 0 Å². The monoisotopic (exact) mass is 703 g/mol. The molecule has 0 atom stereocenters. The molecule has 2 heteroatoms. The molecule has 0 fully saturated rings. The van der Waals surface area contributed by atoms with Gasteiger partial charge in [0.05, 0.1) is 5.69 Å². The molecule has 0 radical (unpaired) electrons. The minimum atomic E-state index is -0.126. The van der Waals surface area contributed by atoms with Gasteiger partial charge in [0.2, 0.25) is 0 Å². The topological polar surface area (TPSA) is 16.4 Å². The summed E-state index contributed by atoms with van der Waals surface area (Å²) < 4.78 is 6.46. The summed E-state index contributed by atoms with van der Waals surface area (Å²) in [5.41, 5.74) is 15.0. The maximum atomic E-state index is 6.46. The first-order valence-electron chi connectivity index (χ1n) is 19.1. The lowest BCUT2D eigenvalue weighted by Crippen LogP contribution is -2.16. The van der Waals surface area contributed by atoms with Crippen molar-refractivity contribution in [2.24, 2.45) is 0 Å². The summed E-state index contributed by atoms with van der Waals surface area (Å²) in [6.07, 6.45) is 0. The van der Waals surface area contributed by atoms with Crippen molar-refractivity contribution in [2.45, 2.75) is 19.3 Å². The standard InChI is InChI=1S/C53H37NO/c1-53(2)48-22-8-5-15-43(48)44-32-30-37(33-49(44)53)54(36-28-25-35(26-29-36)39-18-11-21-47-46-17-7-10-24-51(46)55-52(39)47)50-23-9-6-16-45(50)41-20-12-19-40-38-14-4-3-13-34(38)27-31-42(40)41/h3-33H,1-2H3. The summed E-state index contributed by atoms with van der Waals surface area (Å²) in [5, 5.41) is 7.31. The van der Waals surface area contributed by atoms with Crippen LogP contribution in [0.2, 0.25) is 0 Å². The van der Waals surface area contributed by atoms with Gasteiger partial charge in [-0.05, 0) is 91.3 Å². The molecule has 0 amide bonds. The number of nitrogens with zero attached hydrogens (tertiary/aromatic N) is 1. The Hall–Kier alpha value is -6.90. The van der Waals surface area contributed by atoms with E-state index in [1.807, 2.05) is 12.1 Å². The summed E-state index contributed by atoms with van der Waals surface area (Å²) in [7, 11) is 0. The lowest BCUT2D eigenvalue weighted by atomic mass is 9.82. The van der Waals surface area contributed by atoms with Gasteiger partial charge >= 0.3 is 0 Å². The van der Waals surface area contributed by atoms with Crippen LogP contribution in [0.3, 0.4) is 0 Å². The first kappa shape index (κ1) is 31.6. The first-order chi connectivity index (χ1) is 27.0. The van der Waals surface area contributed by atoms with E-state index < -0.39 is 0 Å². The zero-order valence-electron chi connectivity index (χ0n) is 30.8. The number of para-hydroxylation sites is 3. The Kier molecular flexibility index (Phi) is 6.93. The van der Waals surface area contributed by atoms with Crippen molar-refractivity contribution >= 4 is 60.5 Å². The number of fused-ring (bicyclic) bond motifs is 9. The van der Waals surface area contributed by atoms with Crippen molar-refractivity contribution < 1.29 is 4.42 Å². The second-order valence-corrected chi connectivity index (χ2v) is 15.3. The molecule has 0 bridgehead atoms. The second kappa shape index (κ2) is 12.1. The van der Waals surface area contributed by atoms with Crippen LogP contribution in [0.15, 0.2) is 192 Å². The second-order valence-electron chi connectivity index (χ2n) is 15.3. The SMILES string of the molecule is CC1(C)c2ccccc2-c2ccc(N(c3ccc(-c4cccc5c4oc4ccccc45)cc3)c3ccccc3-c3cccc4c3ccc3ccccc34)cc21. The lowest BCUT2D eigenvalue weighted by Gasteiger charge is -2.30. The number of hydrogen-bond donors (Lipinski definition) is 0. The highest BCUT2D eigenvalue weighted by molar-refractivity contribution is 6.13. The summed E-state index contributed by atoms with van der Waals surface area (Å²) in [6, 6.07) is 68.5. The first-order valence-corrected chi connectivity index (χ1v) is 19.1. The molecule has 55 heavy (non-hydrogen) atoms. The van der Waals surface area contributed by atoms with Gasteiger partial charge in [0.15, 0.2) is 0 Å². The maximum Gasteiger partial charge on any atom is 0.143 e. The molecule has 0 N–H and O–H groups in total. The molecule has 0 unspecified atom stereocenters. The van der Waals surface area contributed by atoms with Crippen molar-refractivity contribution in [3.8, 4) is 33.4 Å². The Morgan fingerprint density at radius 1 is 0.400 bits per heavy atom. The van der Waals surface area contributed by atoms with E-state index in [-0.39, 0.29) is 5.41 Å². The smallest absolute Gasteiger partial charge is 0.143 e. The number of hydrogen-bond acceptors (Lipinski definition) is 2. The molecule has 1 aliphatic carbocycles. The number of anilines is 3. The van der Waals surface area contributed by atoms with E-state index in [4.69, 9.17) is 4.42 Å². The van der Waals surface area contributed by atoms with Crippen LogP contribution in [0.4, 0.5) is 17.1 Å². The van der Waals surface area contributed by atoms with Crippen molar-refractivity contribution in [3.05, 3.63) is 199 Å². The third-order valence-corrected chi connectivity index (χ3v) is 11.9. The fraction of sp³-hybridized carbons (Fsp3) is 0.0566. The van der Waals surface area contributed by atoms with E-state index in [1.54, 1.807) is 0 Å². The highest BCUT2D eigenvalue weighted by Gasteiger charge is 2.36. The molecular formula is C53H37NO. The maximum absolute atomic E-state index is 6.46. The van der Waals surface area contributed by atoms with Crippen LogP contribution in [-0.4, -0.2) is 0 Å². The average molecular weight is 704 g/mol. The molecule has 11 rings (SSSR count). The van der Waals surface area contributed by atoms with Crippen molar-refractivity contribution in [1.29, 1.82) is 0 Å². The molecule has 0 saturated heterocycles. The van der Waals surface area contributed by atoms with E-state index in [0.717, 1.165) is 50.1 Å². The molecule has 1 aliphatic rings. The van der Waals surface area contributed by atoms with Gasteiger partial charge in [-0.3, -0.25) is 0 Å². The van der Waals surface area contributed by atoms with Gasteiger partial charge in [0.1, 0.15) is 11.2 Å². The molecule has 0 saturated carbocycles. The molecule has 2 nitrogen and oxygen atoms in total. The Morgan fingerprint density at radius 2 is 1.04 bits per heavy atom. The largest absolute Gasteiger partial charge is 0.455 e. The molecule has 1 aromatic heterocycles. The number of benzene rings is 9. The highest BCUT2D eigenvalue weighted by atomic mass is 16.3. The summed E-state index contributed by atoms with van der Waals surface area (Å²) >= 11 is 0. The van der Waals surface area contributed by atoms with Crippen LogP contribution < -0.4 is 4.90 Å². The van der Waals surface area contributed by atoms with Gasteiger partial charge in [0, 0.05) is 38.7 Å². The summed E-state index contributed by atoms with van der Waals surface area (Å²) in [6.45, 7) is 4.71. The zero-order chi connectivity index (χ0) is 36.7. The fourth-order valence-electron chi connectivity index (χ4n) is 9.19. The van der Waals surface area contributed by atoms with Gasteiger partial charge in [0.25, 0.3) is 0 Å². The zero-order valence-corrected chi connectivity index (χ0v) is 30.8. The fourth-order valence-corrected chi connectivity index (χ4v) is 9.19. The molecule has 260 valence electrons. The van der Waals surface area contributed by atoms with Gasteiger partial charge < -0.3 is 9.32 Å². The third kappa shape index (κ3) is 4.81. The van der Waals surface area contributed by atoms with Crippen LogP contribution in [0, 0.1) is 0 Å². The Bertz CT molecular complexity index is 3130. The van der Waals surface area contributed by atoms with Crippen LogP contribution in [0.1, 0.15) is 25.0 Å². The third-order valence-electron chi connectivity index (χ3n) is 11.9. The van der Waals surface area contributed by atoms with Crippen LogP contribution in [-0.2, 0) is 5.41 Å². The summed E-state index contributed by atoms with van der Waals surface area (Å²) in [4.78, 5) is 2.44. The minimum Gasteiger partial charge on any atom is -0.455 e. The highest BCUT2D eigenvalue weighted by Crippen LogP contribution is 2.51. The predicted molar refractivity (Wildman–Crippen MR) is 232 cm³/mol. The molecule has 0 aliphatic heterocycles. The van der Waals surface area contributed by atoms with Gasteiger partial charge in [-0.25, -0.2) is 0 Å². The van der Waals surface area contributed by atoms with E-state index in [2.05, 4.69) is 195 Å². The van der Waals surface area contributed by atoms with Gasteiger partial charge in [-0.2, -0.15) is 0 Å². The van der Waals surface area contributed by atoms with Crippen molar-refractivity contribution in [2.75, 3.05) is 4.90 Å². The molecule has 1 heterocycles. The van der Waals surface area contributed by atoms with E-state index in [0.29, 0.717) is 0 Å². The normalized spacial score (nSPS) is 13.1. The van der Waals surface area contributed by atoms with E-state index in [1.165, 1.54) is 54.9 Å². The van der Waals surface area contributed by atoms with E-state index >= 15 is 0 Å². The average Bonchev–Trinajstić information content (AvgIpc) is 3.73. The minimum absolute atomic E-state index is 0.126. The van der Waals surface area contributed by atoms with Crippen molar-refractivity contribution in [1.82, 2.24) is 0 Å². The van der Waals surface area contributed by atoms with Gasteiger partial charge in [-0.1, -0.05) is 166 Å². The van der Waals surface area contributed by atoms with Crippen LogP contribution in [0.5, 0.6) is 0 Å². The summed E-state index contributed by atoms with van der Waals surface area (Å²) in [5.74, 6) is 0. The Balaban J connectivity index is 1.11. The Labute approximate surface area is 320 Å². The Morgan fingerprint density at radius 3 is 1.91 bits per heavy atom. The molecule has 0 spiro atoms.